The first-order valence-corrected chi connectivity index (χ1v) is 22.6. The Morgan fingerprint density at radius 3 is 1.65 bits per heavy atom. The highest BCUT2D eigenvalue weighted by Crippen LogP contribution is 2.46. The van der Waals surface area contributed by atoms with E-state index in [0.717, 1.165) is 100 Å². The highest BCUT2D eigenvalue weighted by atomic mass is 16.5. The monoisotopic (exact) mass is 895 g/mol. The fourth-order valence-electron chi connectivity index (χ4n) is 10.3. The highest BCUT2D eigenvalue weighted by Gasteiger charge is 2.42. The van der Waals surface area contributed by atoms with Crippen molar-refractivity contribution in [2.45, 2.75) is 71.9 Å². The van der Waals surface area contributed by atoms with Crippen molar-refractivity contribution in [2.75, 3.05) is 96.1 Å². The third-order valence-electron chi connectivity index (χ3n) is 13.8. The van der Waals surface area contributed by atoms with Crippen LogP contribution >= 0.6 is 0 Å². The van der Waals surface area contributed by atoms with Crippen LogP contribution in [0.4, 0.5) is 0 Å². The summed E-state index contributed by atoms with van der Waals surface area (Å²) < 4.78 is 46.9. The van der Waals surface area contributed by atoms with Gasteiger partial charge in [0.1, 0.15) is 12.1 Å². The van der Waals surface area contributed by atoms with Gasteiger partial charge in [-0.2, -0.15) is 0 Å². The molecule has 0 saturated carbocycles. The van der Waals surface area contributed by atoms with Crippen molar-refractivity contribution >= 4 is 11.9 Å². The van der Waals surface area contributed by atoms with Crippen LogP contribution in [-0.2, 0) is 38.3 Å². The van der Waals surface area contributed by atoms with E-state index in [1.807, 2.05) is 13.8 Å². The summed E-state index contributed by atoms with van der Waals surface area (Å²) in [6.45, 7) is 12.2. The lowest BCUT2D eigenvalue weighted by molar-refractivity contribution is -0.941. The zero-order valence-corrected chi connectivity index (χ0v) is 40.7. The van der Waals surface area contributed by atoms with E-state index in [2.05, 4.69) is 76.5 Å². The quantitative estimate of drug-likeness (QED) is 0.0394. The molecular weight excluding hydrogens is 825 g/mol. The van der Waals surface area contributed by atoms with E-state index in [1.165, 1.54) is 33.4 Å². The molecule has 0 radical (unpaired) electrons. The second-order valence-corrected chi connectivity index (χ2v) is 18.1. The number of rotatable bonds is 19. The van der Waals surface area contributed by atoms with Crippen molar-refractivity contribution in [1.82, 2.24) is 0 Å². The molecule has 2 aliphatic heterocycles. The van der Waals surface area contributed by atoms with Gasteiger partial charge in [-0.1, -0.05) is 12.1 Å². The minimum atomic E-state index is -0.577. The van der Waals surface area contributed by atoms with Crippen molar-refractivity contribution < 1.29 is 56.5 Å². The van der Waals surface area contributed by atoms with E-state index in [4.69, 9.17) is 37.9 Å². The van der Waals surface area contributed by atoms with E-state index in [9.17, 15) is 9.59 Å². The molecule has 2 aliphatic rings. The summed E-state index contributed by atoms with van der Waals surface area (Å²) in [4.78, 5) is 25.7. The molecule has 0 aliphatic carbocycles. The number of methoxy groups -OCH3 is 6. The lowest BCUT2D eigenvalue weighted by Crippen LogP contribution is -2.52. The van der Waals surface area contributed by atoms with Crippen molar-refractivity contribution in [3.63, 3.8) is 0 Å². The maximum absolute atomic E-state index is 12.8. The van der Waals surface area contributed by atoms with Crippen LogP contribution in [0.3, 0.4) is 0 Å². The Balaban J connectivity index is 1.05. The Hall–Kier alpha value is -5.72. The molecule has 12 nitrogen and oxygen atoms in total. The van der Waals surface area contributed by atoms with E-state index < -0.39 is 11.9 Å². The number of aryl methyl sites for hydroxylation is 4. The molecule has 0 N–H and O–H groups in total. The van der Waals surface area contributed by atoms with Gasteiger partial charge in [-0.25, -0.2) is 9.59 Å². The molecular formula is C53H70N2O10+2. The van der Waals surface area contributed by atoms with Crippen LogP contribution in [0.5, 0.6) is 34.5 Å². The van der Waals surface area contributed by atoms with Crippen LogP contribution in [0.1, 0.15) is 80.6 Å². The van der Waals surface area contributed by atoms with Gasteiger partial charge >= 0.3 is 11.9 Å². The first-order valence-electron chi connectivity index (χ1n) is 22.6. The summed E-state index contributed by atoms with van der Waals surface area (Å²) >= 11 is 0. The molecule has 0 aromatic heterocycles. The molecule has 4 atom stereocenters. The normalized spacial score (nSPS) is 20.1. The number of quaternary nitrogens is 2. The fourth-order valence-corrected chi connectivity index (χ4v) is 10.3. The average Bonchev–Trinajstić information content (AvgIpc) is 3.29. The third kappa shape index (κ3) is 10.7. The van der Waals surface area contributed by atoms with Gasteiger partial charge < -0.3 is 46.9 Å². The maximum Gasteiger partial charge on any atom is 0.331 e. The largest absolute Gasteiger partial charge is 0.493 e. The molecule has 65 heavy (non-hydrogen) atoms. The van der Waals surface area contributed by atoms with Gasteiger partial charge in [-0.15, -0.1) is 0 Å². The van der Waals surface area contributed by atoms with Gasteiger partial charge in [0.05, 0.1) is 96.1 Å². The molecule has 0 amide bonds. The molecule has 0 spiro atoms. The lowest BCUT2D eigenvalue weighted by Gasteiger charge is -2.46. The number of benzene rings is 4. The van der Waals surface area contributed by atoms with Crippen molar-refractivity contribution in [3.05, 3.63) is 116 Å². The molecule has 350 valence electrons. The summed E-state index contributed by atoms with van der Waals surface area (Å²) in [7, 11) is 14.5. The summed E-state index contributed by atoms with van der Waals surface area (Å²) in [5.41, 5.74) is 12.0. The van der Waals surface area contributed by atoms with Crippen LogP contribution in [0, 0.1) is 27.7 Å². The zero-order chi connectivity index (χ0) is 47.1. The molecule has 6 rings (SSSR count). The summed E-state index contributed by atoms with van der Waals surface area (Å²) in [5.74, 6) is 3.13. The number of esters is 2. The minimum Gasteiger partial charge on any atom is -0.493 e. The first kappa shape index (κ1) is 48.7. The van der Waals surface area contributed by atoms with Crippen LogP contribution in [0.2, 0.25) is 0 Å². The van der Waals surface area contributed by atoms with Crippen LogP contribution in [0.25, 0.3) is 0 Å². The van der Waals surface area contributed by atoms with Crippen LogP contribution in [-0.4, -0.2) is 117 Å². The predicted octanol–water partition coefficient (Wildman–Crippen LogP) is 8.47. The Labute approximate surface area is 386 Å². The number of fused-ring (bicyclic) bond motifs is 2. The number of nitrogens with zero attached hydrogens (tertiary/aromatic N) is 2. The van der Waals surface area contributed by atoms with Crippen molar-refractivity contribution in [3.8, 4) is 34.5 Å². The third-order valence-corrected chi connectivity index (χ3v) is 13.8. The van der Waals surface area contributed by atoms with E-state index in [-0.39, 0.29) is 25.3 Å². The first-order chi connectivity index (χ1) is 31.1. The SMILES string of the molecule is COc1cc2c(cc1OC)C(Cc1cc(C)c(OC)c(OC)c1)[N+](C)(CCCOC(=O)/C=C/C(=O)OCCC[N+]1(C)CCc3cc(C)c(C)cc3C1c1cc(C)c(OC)c(OC)c1)CC2. The van der Waals surface area contributed by atoms with E-state index in [1.54, 1.807) is 42.7 Å². The second-order valence-electron chi connectivity index (χ2n) is 18.1. The molecule has 12 heteroatoms. The van der Waals surface area contributed by atoms with E-state index in [0.29, 0.717) is 35.8 Å². The standard InChI is InChI=1S/C53H70N2O10/c1-34-26-39-18-22-55(6,51(43(39)28-35(34)2)41-27-37(4)53(63-12)48(32-41)61-10)20-14-24-65-50(57)16-15-49(56)64-23-13-19-54(5)21-17-40-31-45(58-7)46(59-8)33-42(40)44(54)29-38-25-36(3)52(62-11)47(30-38)60-9/h15-16,25-28,30-33,44,51H,13-14,17-24,29H2,1-12H3/q+2/b16-15+. The summed E-state index contributed by atoms with van der Waals surface area (Å²) in [6, 6.07) is 17.5. The maximum atomic E-state index is 12.8. The molecule has 0 saturated heterocycles. The molecule has 0 bridgehead atoms. The lowest BCUT2D eigenvalue weighted by atomic mass is 9.83. The molecule has 0 fully saturated rings. The van der Waals surface area contributed by atoms with Crippen LogP contribution < -0.4 is 28.4 Å². The van der Waals surface area contributed by atoms with Gasteiger partial charge in [0.25, 0.3) is 0 Å². The van der Waals surface area contributed by atoms with Gasteiger partial charge in [-0.05, 0) is 103 Å². The van der Waals surface area contributed by atoms with Crippen molar-refractivity contribution in [1.29, 1.82) is 0 Å². The number of hydrogen-bond acceptors (Lipinski definition) is 10. The van der Waals surface area contributed by atoms with Crippen molar-refractivity contribution in [2.24, 2.45) is 0 Å². The Morgan fingerprint density at radius 1 is 0.554 bits per heavy atom. The number of ether oxygens (including phenoxy) is 8. The highest BCUT2D eigenvalue weighted by molar-refractivity contribution is 5.91. The predicted molar refractivity (Wildman–Crippen MR) is 252 cm³/mol. The topological polar surface area (TPSA) is 108 Å². The zero-order valence-electron chi connectivity index (χ0n) is 40.7. The minimum absolute atomic E-state index is 0.0533. The Kier molecular flexibility index (Phi) is 15.8. The van der Waals surface area contributed by atoms with Gasteiger partial charge in [0.2, 0.25) is 0 Å². The number of carbonyl (C=O) groups is 2. The number of carbonyl (C=O) groups excluding carboxylic acids is 2. The second kappa shape index (κ2) is 21.1. The summed E-state index contributed by atoms with van der Waals surface area (Å²) in [6.07, 6.45) is 6.17. The molecule has 4 aromatic carbocycles. The fraction of sp³-hybridized carbons (Fsp3) is 0.472. The summed E-state index contributed by atoms with van der Waals surface area (Å²) in [5, 5.41) is 0. The number of likely N-dealkylation sites (N-methyl/N-ethyl adjacent to an activating group) is 2. The van der Waals surface area contributed by atoms with Crippen LogP contribution in [0.15, 0.2) is 60.7 Å². The smallest absolute Gasteiger partial charge is 0.331 e. The van der Waals surface area contributed by atoms with E-state index >= 15 is 0 Å². The van der Waals surface area contributed by atoms with Gasteiger partial charge in [-0.3, -0.25) is 0 Å². The molecule has 4 aromatic rings. The average molecular weight is 895 g/mol. The van der Waals surface area contributed by atoms with Gasteiger partial charge in [0.15, 0.2) is 34.5 Å². The van der Waals surface area contributed by atoms with Gasteiger partial charge in [0, 0.05) is 60.9 Å². The molecule has 2 heterocycles. The Morgan fingerprint density at radius 2 is 1.06 bits per heavy atom. The number of hydrogen-bond donors (Lipinski definition) is 0. The molecule has 4 unspecified atom stereocenters. The Bertz CT molecular complexity index is 2390.